The number of nitrogens with one attached hydrogen (secondary N) is 4. The third kappa shape index (κ3) is 5.92. The second-order valence-corrected chi connectivity index (χ2v) is 9.01. The Kier molecular flexibility index (Phi) is 7.79. The molecule has 0 spiro atoms. The minimum Gasteiger partial charge on any atom is -0.376 e. The number of halogens is 2. The Morgan fingerprint density at radius 1 is 1.15 bits per heavy atom. The quantitative estimate of drug-likeness (QED) is 0.473. The van der Waals surface area contributed by atoms with Crippen molar-refractivity contribution in [1.29, 1.82) is 0 Å². The minimum atomic E-state index is -0.472. The highest BCUT2D eigenvalue weighted by Crippen LogP contribution is 2.28. The van der Waals surface area contributed by atoms with Gasteiger partial charge in [0.25, 0.3) is 11.8 Å². The van der Waals surface area contributed by atoms with Crippen LogP contribution in [0.3, 0.4) is 0 Å². The van der Waals surface area contributed by atoms with Crippen LogP contribution in [0.2, 0.25) is 5.02 Å². The number of amides is 3. The summed E-state index contributed by atoms with van der Waals surface area (Å²) in [6.07, 6.45) is 5.54. The van der Waals surface area contributed by atoms with Crippen molar-refractivity contribution < 1.29 is 23.5 Å². The van der Waals surface area contributed by atoms with Crippen molar-refractivity contribution in [3.05, 3.63) is 46.8 Å². The van der Waals surface area contributed by atoms with Gasteiger partial charge in [-0.1, -0.05) is 11.6 Å². The fourth-order valence-corrected chi connectivity index (χ4v) is 4.53. The fourth-order valence-electron chi connectivity index (χ4n) is 4.32. The van der Waals surface area contributed by atoms with Crippen molar-refractivity contribution in [1.82, 2.24) is 20.6 Å². The highest BCUT2D eigenvalue weighted by Gasteiger charge is 2.29. The molecule has 0 bridgehead atoms. The number of H-pyrrole nitrogens is 1. The smallest absolute Gasteiger partial charge is 0.272 e. The van der Waals surface area contributed by atoms with E-state index in [0.29, 0.717) is 44.5 Å². The van der Waals surface area contributed by atoms with Crippen molar-refractivity contribution in [2.75, 3.05) is 18.5 Å². The Balaban J connectivity index is 1.25. The second kappa shape index (κ2) is 11.0. The molecular weight excluding hydrogens is 465 g/mol. The topological polar surface area (TPSA) is 125 Å². The van der Waals surface area contributed by atoms with Crippen LogP contribution in [0.1, 0.15) is 59.5 Å². The normalized spacial score (nSPS) is 22.2. The molecule has 2 aliphatic rings. The maximum absolute atomic E-state index is 13.2. The van der Waals surface area contributed by atoms with Crippen molar-refractivity contribution in [2.45, 2.75) is 50.7 Å². The van der Waals surface area contributed by atoms with E-state index in [0.717, 1.165) is 18.9 Å². The van der Waals surface area contributed by atoms with Gasteiger partial charge >= 0.3 is 0 Å². The van der Waals surface area contributed by atoms with E-state index in [1.807, 2.05) is 0 Å². The zero-order chi connectivity index (χ0) is 24.1. The fraction of sp³-hybridized carbons (Fsp3) is 0.478. The SMILES string of the molecule is O=C(NC[C@@H]1CCCO1)c1nc[nH]c1C(=O)N[C@H]1CC[C@H](C(=O)Nc2ccc(F)cc2Cl)CC1. The Hall–Kier alpha value is -2.98. The molecule has 11 heteroatoms. The highest BCUT2D eigenvalue weighted by molar-refractivity contribution is 6.33. The lowest BCUT2D eigenvalue weighted by Crippen LogP contribution is -2.40. The van der Waals surface area contributed by atoms with Gasteiger partial charge in [0.2, 0.25) is 5.91 Å². The average Bonchev–Trinajstić information content (AvgIpc) is 3.52. The molecular formula is C23H27ClFN5O4. The Bertz CT molecular complexity index is 1050. The highest BCUT2D eigenvalue weighted by atomic mass is 35.5. The molecule has 1 aliphatic heterocycles. The van der Waals surface area contributed by atoms with Crippen LogP contribution in [0, 0.1) is 11.7 Å². The van der Waals surface area contributed by atoms with Crippen LogP contribution in [0.4, 0.5) is 10.1 Å². The molecule has 2 heterocycles. The number of carbonyl (C=O) groups is 3. The van der Waals surface area contributed by atoms with E-state index >= 15 is 0 Å². The van der Waals surface area contributed by atoms with E-state index in [9.17, 15) is 18.8 Å². The number of rotatable bonds is 7. The molecule has 0 radical (unpaired) electrons. The van der Waals surface area contributed by atoms with Crippen LogP contribution in [-0.4, -0.2) is 53.0 Å². The van der Waals surface area contributed by atoms with Crippen molar-refractivity contribution in [2.24, 2.45) is 5.92 Å². The van der Waals surface area contributed by atoms with E-state index in [2.05, 4.69) is 25.9 Å². The first-order valence-electron chi connectivity index (χ1n) is 11.4. The Labute approximate surface area is 201 Å². The standard InChI is InChI=1S/C23H27ClFN5O4/c24-17-10-14(25)5-8-18(17)30-21(31)13-3-6-15(7-4-13)29-23(33)20-19(27-12-28-20)22(32)26-11-16-2-1-9-34-16/h5,8,10,12-13,15-16H,1-4,6-7,9,11H2,(H,26,32)(H,27,28)(H,29,33)(H,30,31)/t13-,15-,16-/m0/s1. The first-order valence-corrected chi connectivity index (χ1v) is 11.8. The monoisotopic (exact) mass is 491 g/mol. The van der Waals surface area contributed by atoms with E-state index in [4.69, 9.17) is 16.3 Å². The van der Waals surface area contributed by atoms with Gasteiger partial charge in [-0.3, -0.25) is 14.4 Å². The largest absolute Gasteiger partial charge is 0.376 e. The van der Waals surface area contributed by atoms with Crippen LogP contribution in [-0.2, 0) is 9.53 Å². The number of hydrogen-bond acceptors (Lipinski definition) is 5. The van der Waals surface area contributed by atoms with Gasteiger partial charge < -0.3 is 25.7 Å². The minimum absolute atomic E-state index is 0.00774. The molecule has 1 aliphatic carbocycles. The van der Waals surface area contributed by atoms with E-state index in [1.54, 1.807) is 0 Å². The van der Waals surface area contributed by atoms with Gasteiger partial charge in [0, 0.05) is 25.1 Å². The van der Waals surface area contributed by atoms with Crippen molar-refractivity contribution in [3.8, 4) is 0 Å². The molecule has 1 aromatic heterocycles. The summed E-state index contributed by atoms with van der Waals surface area (Å²) < 4.78 is 18.7. The number of ether oxygens (including phenoxy) is 1. The summed E-state index contributed by atoms with van der Waals surface area (Å²) in [4.78, 5) is 44.6. The van der Waals surface area contributed by atoms with E-state index in [-0.39, 0.29) is 40.4 Å². The first-order chi connectivity index (χ1) is 16.4. The molecule has 4 rings (SSSR count). The molecule has 4 N–H and O–H groups in total. The van der Waals surface area contributed by atoms with E-state index in [1.165, 1.54) is 18.5 Å². The third-order valence-corrected chi connectivity index (χ3v) is 6.53. The summed E-state index contributed by atoms with van der Waals surface area (Å²) in [5.41, 5.74) is 0.517. The summed E-state index contributed by atoms with van der Waals surface area (Å²) in [6.45, 7) is 1.07. The molecule has 9 nitrogen and oxygen atoms in total. The Morgan fingerprint density at radius 3 is 2.65 bits per heavy atom. The molecule has 0 unspecified atom stereocenters. The number of nitrogens with zero attached hydrogens (tertiary/aromatic N) is 1. The molecule has 2 fully saturated rings. The zero-order valence-corrected chi connectivity index (χ0v) is 19.3. The van der Waals surface area contributed by atoms with Crippen LogP contribution >= 0.6 is 11.6 Å². The number of anilines is 1. The predicted octanol–water partition coefficient (Wildman–Crippen LogP) is 3.04. The lowest BCUT2D eigenvalue weighted by Gasteiger charge is -2.28. The predicted molar refractivity (Wildman–Crippen MR) is 123 cm³/mol. The van der Waals surface area contributed by atoms with Gasteiger partial charge in [-0.15, -0.1) is 0 Å². The average molecular weight is 492 g/mol. The zero-order valence-electron chi connectivity index (χ0n) is 18.5. The van der Waals surface area contributed by atoms with Crippen molar-refractivity contribution >= 4 is 35.0 Å². The number of aromatic nitrogens is 2. The molecule has 1 atom stereocenters. The summed E-state index contributed by atoms with van der Waals surface area (Å²) in [7, 11) is 0. The molecule has 3 amide bonds. The number of hydrogen-bond donors (Lipinski definition) is 4. The number of imidazole rings is 1. The van der Waals surface area contributed by atoms with Crippen LogP contribution in [0.5, 0.6) is 0 Å². The lowest BCUT2D eigenvalue weighted by molar-refractivity contribution is -0.120. The van der Waals surface area contributed by atoms with Gasteiger partial charge in [-0.05, 0) is 56.7 Å². The van der Waals surface area contributed by atoms with Crippen LogP contribution in [0.15, 0.2) is 24.5 Å². The second-order valence-electron chi connectivity index (χ2n) is 8.61. The third-order valence-electron chi connectivity index (χ3n) is 6.22. The van der Waals surface area contributed by atoms with Gasteiger partial charge in [-0.2, -0.15) is 0 Å². The van der Waals surface area contributed by atoms with Gasteiger partial charge in [0.05, 0.1) is 23.1 Å². The van der Waals surface area contributed by atoms with Crippen molar-refractivity contribution in [3.63, 3.8) is 0 Å². The van der Waals surface area contributed by atoms with Crippen LogP contribution < -0.4 is 16.0 Å². The molecule has 1 saturated heterocycles. The van der Waals surface area contributed by atoms with Gasteiger partial charge in [-0.25, -0.2) is 9.37 Å². The van der Waals surface area contributed by atoms with Gasteiger partial charge in [0.15, 0.2) is 5.69 Å². The number of aromatic amines is 1. The maximum atomic E-state index is 13.2. The van der Waals surface area contributed by atoms with E-state index < -0.39 is 17.6 Å². The lowest BCUT2D eigenvalue weighted by atomic mass is 9.85. The maximum Gasteiger partial charge on any atom is 0.272 e. The summed E-state index contributed by atoms with van der Waals surface area (Å²) in [6, 6.07) is 3.69. The molecule has 182 valence electrons. The first kappa shape index (κ1) is 24.2. The number of benzene rings is 1. The Morgan fingerprint density at radius 2 is 1.94 bits per heavy atom. The van der Waals surface area contributed by atoms with Crippen LogP contribution in [0.25, 0.3) is 0 Å². The van der Waals surface area contributed by atoms with Gasteiger partial charge in [0.1, 0.15) is 11.5 Å². The molecule has 2 aromatic rings. The molecule has 1 saturated carbocycles. The molecule has 34 heavy (non-hydrogen) atoms. The summed E-state index contributed by atoms with van der Waals surface area (Å²) in [5.74, 6) is -1.73. The summed E-state index contributed by atoms with van der Waals surface area (Å²) in [5, 5.41) is 8.59. The molecule has 1 aromatic carbocycles. The summed E-state index contributed by atoms with van der Waals surface area (Å²) >= 11 is 5.98. The number of carbonyl (C=O) groups excluding carboxylic acids is 3.